The van der Waals surface area contributed by atoms with Crippen LogP contribution < -0.4 is 9.47 Å². The standard InChI is InChI=1S/C18H26N2O5S/c1-24-16-8-7-15(12-17(16)25-2)26(22,23)20-11-5-6-14(13-20)18(21)19-9-3-4-10-19/h7-8,12,14H,3-6,9-11,13H2,1-2H3/t14-/m1/s1. The van der Waals surface area contributed by atoms with Crippen LogP contribution in [-0.4, -0.2) is 63.9 Å². The maximum atomic E-state index is 13.0. The summed E-state index contributed by atoms with van der Waals surface area (Å²) in [6, 6.07) is 4.57. The molecule has 2 aliphatic heterocycles. The molecule has 26 heavy (non-hydrogen) atoms. The van der Waals surface area contributed by atoms with Crippen molar-refractivity contribution in [1.82, 2.24) is 9.21 Å². The number of ether oxygens (including phenoxy) is 2. The number of piperidine rings is 1. The van der Waals surface area contributed by atoms with Crippen LogP contribution in [0.15, 0.2) is 23.1 Å². The first kappa shape index (κ1) is 19.0. The molecule has 1 atom stereocenters. The van der Waals surface area contributed by atoms with E-state index in [0.717, 1.165) is 32.4 Å². The van der Waals surface area contributed by atoms with Crippen molar-refractivity contribution in [2.24, 2.45) is 5.92 Å². The number of carbonyl (C=O) groups excluding carboxylic acids is 1. The maximum absolute atomic E-state index is 13.0. The van der Waals surface area contributed by atoms with Crippen molar-refractivity contribution in [2.45, 2.75) is 30.6 Å². The second-order valence-corrected chi connectivity index (χ2v) is 8.69. The van der Waals surface area contributed by atoms with Gasteiger partial charge < -0.3 is 14.4 Å². The van der Waals surface area contributed by atoms with Gasteiger partial charge in [-0.1, -0.05) is 0 Å². The molecule has 1 aromatic carbocycles. The fourth-order valence-corrected chi connectivity index (χ4v) is 5.22. The zero-order valence-electron chi connectivity index (χ0n) is 15.3. The fourth-order valence-electron chi connectivity index (χ4n) is 3.68. The van der Waals surface area contributed by atoms with Gasteiger partial charge in [0.15, 0.2) is 11.5 Å². The van der Waals surface area contributed by atoms with Crippen molar-refractivity contribution in [3.63, 3.8) is 0 Å². The summed E-state index contributed by atoms with van der Waals surface area (Å²) in [7, 11) is -0.705. The molecule has 3 rings (SSSR count). The first-order valence-corrected chi connectivity index (χ1v) is 10.4. The molecule has 0 aromatic heterocycles. The van der Waals surface area contributed by atoms with Crippen LogP contribution in [0.5, 0.6) is 11.5 Å². The van der Waals surface area contributed by atoms with Gasteiger partial charge in [-0.25, -0.2) is 8.42 Å². The molecule has 1 aromatic rings. The number of benzene rings is 1. The van der Waals surface area contributed by atoms with Crippen LogP contribution in [0.4, 0.5) is 0 Å². The number of rotatable bonds is 5. The van der Waals surface area contributed by atoms with Crippen LogP contribution >= 0.6 is 0 Å². The molecule has 0 bridgehead atoms. The minimum absolute atomic E-state index is 0.0923. The molecule has 0 saturated carbocycles. The van der Waals surface area contributed by atoms with Gasteiger partial charge in [0.1, 0.15) is 0 Å². The fraction of sp³-hybridized carbons (Fsp3) is 0.611. The molecule has 0 radical (unpaired) electrons. The van der Waals surface area contributed by atoms with Gasteiger partial charge in [0.25, 0.3) is 0 Å². The van der Waals surface area contributed by atoms with Crippen LogP contribution in [0.2, 0.25) is 0 Å². The number of methoxy groups -OCH3 is 2. The number of nitrogens with zero attached hydrogens (tertiary/aromatic N) is 2. The average molecular weight is 382 g/mol. The number of sulfonamides is 1. The van der Waals surface area contributed by atoms with Crippen molar-refractivity contribution in [3.8, 4) is 11.5 Å². The summed E-state index contributed by atoms with van der Waals surface area (Å²) in [5.74, 6) is 0.689. The minimum atomic E-state index is -3.68. The second kappa shape index (κ2) is 7.84. The Hall–Kier alpha value is -1.80. The van der Waals surface area contributed by atoms with Crippen molar-refractivity contribution in [2.75, 3.05) is 40.4 Å². The van der Waals surface area contributed by atoms with Crippen molar-refractivity contribution < 1.29 is 22.7 Å². The quantitative estimate of drug-likeness (QED) is 0.775. The van der Waals surface area contributed by atoms with Crippen LogP contribution in [0.1, 0.15) is 25.7 Å². The molecule has 2 aliphatic rings. The highest BCUT2D eigenvalue weighted by molar-refractivity contribution is 7.89. The molecular formula is C18H26N2O5S. The largest absolute Gasteiger partial charge is 0.493 e. The molecule has 0 aliphatic carbocycles. The number of carbonyl (C=O) groups is 1. The van der Waals surface area contributed by atoms with Gasteiger partial charge in [0.05, 0.1) is 25.0 Å². The summed E-state index contributed by atoms with van der Waals surface area (Å²) in [4.78, 5) is 14.7. The van der Waals surface area contributed by atoms with Gasteiger partial charge in [0.2, 0.25) is 15.9 Å². The van der Waals surface area contributed by atoms with Crippen LogP contribution in [0.3, 0.4) is 0 Å². The number of hydrogen-bond acceptors (Lipinski definition) is 5. The Kier molecular flexibility index (Phi) is 5.72. The lowest BCUT2D eigenvalue weighted by Gasteiger charge is -2.33. The highest BCUT2D eigenvalue weighted by Gasteiger charge is 2.35. The highest BCUT2D eigenvalue weighted by atomic mass is 32.2. The van der Waals surface area contributed by atoms with Gasteiger partial charge in [0, 0.05) is 32.2 Å². The Bertz CT molecular complexity index is 759. The van der Waals surface area contributed by atoms with E-state index < -0.39 is 10.0 Å². The Morgan fingerprint density at radius 1 is 1.04 bits per heavy atom. The smallest absolute Gasteiger partial charge is 0.243 e. The van der Waals surface area contributed by atoms with Crippen molar-refractivity contribution >= 4 is 15.9 Å². The molecular weight excluding hydrogens is 356 g/mol. The van der Waals surface area contributed by atoms with Gasteiger partial charge >= 0.3 is 0 Å². The van der Waals surface area contributed by atoms with E-state index in [0.29, 0.717) is 24.5 Å². The molecule has 2 fully saturated rings. The zero-order valence-corrected chi connectivity index (χ0v) is 16.1. The molecule has 0 N–H and O–H groups in total. The third kappa shape index (κ3) is 3.66. The molecule has 8 heteroatoms. The van der Waals surface area contributed by atoms with E-state index in [1.165, 1.54) is 30.7 Å². The first-order chi connectivity index (χ1) is 12.5. The summed E-state index contributed by atoms with van der Waals surface area (Å²) >= 11 is 0. The highest BCUT2D eigenvalue weighted by Crippen LogP contribution is 2.32. The van der Waals surface area contributed by atoms with E-state index in [-0.39, 0.29) is 23.3 Å². The van der Waals surface area contributed by atoms with E-state index in [2.05, 4.69) is 0 Å². The number of hydrogen-bond donors (Lipinski definition) is 0. The topological polar surface area (TPSA) is 76.2 Å². The predicted octanol–water partition coefficient (Wildman–Crippen LogP) is 1.73. The summed E-state index contributed by atoms with van der Waals surface area (Å²) in [5, 5.41) is 0. The number of amides is 1. The van der Waals surface area contributed by atoms with Crippen LogP contribution in [0, 0.1) is 5.92 Å². The monoisotopic (exact) mass is 382 g/mol. The van der Waals surface area contributed by atoms with Gasteiger partial charge in [-0.15, -0.1) is 0 Å². The molecule has 144 valence electrons. The Balaban J connectivity index is 1.79. The van der Waals surface area contributed by atoms with E-state index in [4.69, 9.17) is 9.47 Å². The van der Waals surface area contributed by atoms with Crippen molar-refractivity contribution in [1.29, 1.82) is 0 Å². The SMILES string of the molecule is COc1ccc(S(=O)(=O)N2CCC[C@@H](C(=O)N3CCCC3)C2)cc1OC. The Morgan fingerprint density at radius 3 is 2.38 bits per heavy atom. The van der Waals surface area contributed by atoms with Crippen LogP contribution in [-0.2, 0) is 14.8 Å². The Morgan fingerprint density at radius 2 is 1.73 bits per heavy atom. The third-order valence-electron chi connectivity index (χ3n) is 5.14. The van der Waals surface area contributed by atoms with Crippen LogP contribution in [0.25, 0.3) is 0 Å². The molecule has 2 saturated heterocycles. The first-order valence-electron chi connectivity index (χ1n) is 8.98. The summed E-state index contributed by atoms with van der Waals surface area (Å²) in [6.45, 7) is 2.25. The van der Waals surface area contributed by atoms with Gasteiger partial charge in [-0.2, -0.15) is 4.31 Å². The maximum Gasteiger partial charge on any atom is 0.243 e. The zero-order chi connectivity index (χ0) is 18.7. The Labute approximate surface area is 154 Å². The third-order valence-corrected chi connectivity index (χ3v) is 7.01. The average Bonchev–Trinajstić information content (AvgIpc) is 3.21. The second-order valence-electron chi connectivity index (χ2n) is 6.75. The van der Waals surface area contributed by atoms with E-state index in [9.17, 15) is 13.2 Å². The minimum Gasteiger partial charge on any atom is -0.493 e. The summed E-state index contributed by atoms with van der Waals surface area (Å²) in [5.41, 5.74) is 0. The summed E-state index contributed by atoms with van der Waals surface area (Å²) in [6.07, 6.45) is 3.50. The van der Waals surface area contributed by atoms with E-state index in [1.54, 1.807) is 6.07 Å². The summed E-state index contributed by atoms with van der Waals surface area (Å²) < 4.78 is 37.9. The molecule has 0 unspecified atom stereocenters. The normalized spacial score (nSPS) is 21.6. The lowest BCUT2D eigenvalue weighted by Crippen LogP contribution is -2.46. The number of likely N-dealkylation sites (tertiary alicyclic amines) is 1. The lowest BCUT2D eigenvalue weighted by molar-refractivity contribution is -0.135. The molecule has 0 spiro atoms. The molecule has 7 nitrogen and oxygen atoms in total. The predicted molar refractivity (Wildman–Crippen MR) is 96.8 cm³/mol. The van der Waals surface area contributed by atoms with E-state index in [1.807, 2.05) is 4.90 Å². The molecule has 1 amide bonds. The lowest BCUT2D eigenvalue weighted by atomic mass is 9.98. The van der Waals surface area contributed by atoms with Gasteiger partial charge in [-0.05, 0) is 37.8 Å². The van der Waals surface area contributed by atoms with Gasteiger partial charge in [-0.3, -0.25) is 4.79 Å². The van der Waals surface area contributed by atoms with E-state index >= 15 is 0 Å². The molecule has 2 heterocycles. The van der Waals surface area contributed by atoms with Crippen molar-refractivity contribution in [3.05, 3.63) is 18.2 Å².